The van der Waals surface area contributed by atoms with E-state index >= 15 is 0 Å². The van der Waals surface area contributed by atoms with Gasteiger partial charge < -0.3 is 15.3 Å². The molecule has 9 heteroatoms. The lowest BCUT2D eigenvalue weighted by Gasteiger charge is -2.36. The number of anilines is 1. The smallest absolute Gasteiger partial charge is 0.417 e. The minimum absolute atomic E-state index is 0.0287. The number of benzene rings is 1. The Kier molecular flexibility index (Phi) is 3.99. The van der Waals surface area contributed by atoms with Gasteiger partial charge in [-0.1, -0.05) is 11.6 Å². The summed E-state index contributed by atoms with van der Waals surface area (Å²) in [6, 6.07) is 2.36. The van der Waals surface area contributed by atoms with Gasteiger partial charge in [0.15, 0.2) is 0 Å². The number of nitrogens with zero attached hydrogens (tertiary/aromatic N) is 1. The molecule has 0 unspecified atom stereocenters. The minimum atomic E-state index is -4.62. The number of hydrogen-bond acceptors (Lipinski definition) is 2. The van der Waals surface area contributed by atoms with Gasteiger partial charge in [-0.25, -0.2) is 4.79 Å². The Balaban J connectivity index is 2.04. The van der Waals surface area contributed by atoms with E-state index in [2.05, 4.69) is 5.32 Å². The van der Waals surface area contributed by atoms with Gasteiger partial charge in [-0.05, 0) is 18.2 Å². The van der Waals surface area contributed by atoms with Crippen LogP contribution in [0.1, 0.15) is 5.56 Å². The Hall–Kier alpha value is -1.96. The van der Waals surface area contributed by atoms with Crippen molar-refractivity contribution in [1.29, 1.82) is 0 Å². The summed E-state index contributed by atoms with van der Waals surface area (Å²) in [4.78, 5) is 23.5. The maximum Gasteiger partial charge on any atom is 0.417 e. The Labute approximate surface area is 122 Å². The Morgan fingerprint density at radius 1 is 1.33 bits per heavy atom. The first kappa shape index (κ1) is 15.4. The van der Waals surface area contributed by atoms with Crippen molar-refractivity contribution in [2.24, 2.45) is 5.92 Å². The molecule has 1 heterocycles. The maximum atomic E-state index is 12.7. The molecule has 21 heavy (non-hydrogen) atoms. The summed E-state index contributed by atoms with van der Waals surface area (Å²) in [5.74, 6) is -1.64. The molecule has 114 valence electrons. The predicted octanol–water partition coefficient (Wildman–Crippen LogP) is 2.91. The highest BCUT2D eigenvalue weighted by Crippen LogP contribution is 2.36. The van der Waals surface area contributed by atoms with Gasteiger partial charge in [-0.3, -0.25) is 4.79 Å². The van der Waals surface area contributed by atoms with Gasteiger partial charge in [-0.15, -0.1) is 0 Å². The van der Waals surface area contributed by atoms with Crippen molar-refractivity contribution in [2.75, 3.05) is 18.4 Å². The average molecular weight is 323 g/mol. The quantitative estimate of drug-likeness (QED) is 0.879. The Morgan fingerprint density at radius 2 is 1.95 bits per heavy atom. The predicted molar refractivity (Wildman–Crippen MR) is 68.2 cm³/mol. The molecule has 0 radical (unpaired) electrons. The van der Waals surface area contributed by atoms with Crippen LogP contribution in [0.2, 0.25) is 5.02 Å². The zero-order valence-electron chi connectivity index (χ0n) is 10.4. The third-order valence-electron chi connectivity index (χ3n) is 3.04. The number of alkyl halides is 3. The summed E-state index contributed by atoms with van der Waals surface area (Å²) in [5, 5.41) is 10.5. The number of carbonyl (C=O) groups excluding carboxylic acids is 1. The third kappa shape index (κ3) is 3.38. The summed E-state index contributed by atoms with van der Waals surface area (Å²) in [5.41, 5.74) is -1.11. The van der Waals surface area contributed by atoms with Gasteiger partial charge in [0.25, 0.3) is 0 Å². The van der Waals surface area contributed by atoms with Crippen molar-refractivity contribution >= 4 is 29.3 Å². The van der Waals surface area contributed by atoms with Crippen molar-refractivity contribution in [3.05, 3.63) is 28.8 Å². The maximum absolute atomic E-state index is 12.7. The topological polar surface area (TPSA) is 69.6 Å². The van der Waals surface area contributed by atoms with E-state index < -0.39 is 34.7 Å². The highest BCUT2D eigenvalue weighted by atomic mass is 35.5. The van der Waals surface area contributed by atoms with Crippen LogP contribution in [-0.2, 0) is 11.0 Å². The van der Waals surface area contributed by atoms with Gasteiger partial charge in [-0.2, -0.15) is 13.2 Å². The standard InChI is InChI=1S/C12H10ClF3N2O3/c13-9-2-1-7(3-8(9)12(14,15)16)17-11(21)18-4-6(5-18)10(19)20/h1-3,6H,4-5H2,(H,17,21)(H,19,20). The molecule has 1 aromatic carbocycles. The van der Waals surface area contributed by atoms with E-state index in [0.29, 0.717) is 0 Å². The average Bonchev–Trinajstić information content (AvgIpc) is 2.27. The van der Waals surface area contributed by atoms with Crippen LogP contribution in [0.3, 0.4) is 0 Å². The molecule has 1 aromatic rings. The molecular weight excluding hydrogens is 313 g/mol. The fourth-order valence-electron chi connectivity index (χ4n) is 1.82. The first-order valence-electron chi connectivity index (χ1n) is 5.84. The second kappa shape index (κ2) is 5.44. The van der Waals surface area contributed by atoms with Gasteiger partial charge in [0, 0.05) is 18.8 Å². The van der Waals surface area contributed by atoms with Gasteiger partial charge in [0.2, 0.25) is 0 Å². The molecule has 0 aromatic heterocycles. The number of nitrogens with one attached hydrogen (secondary N) is 1. The number of rotatable bonds is 2. The first-order chi connectivity index (χ1) is 9.68. The number of carboxylic acids is 1. The molecule has 0 atom stereocenters. The van der Waals surface area contributed by atoms with Gasteiger partial charge in [0.05, 0.1) is 16.5 Å². The molecule has 2 rings (SSSR count). The summed E-state index contributed by atoms with van der Waals surface area (Å²) >= 11 is 5.46. The largest absolute Gasteiger partial charge is 0.481 e. The van der Waals surface area contributed by atoms with Crippen molar-refractivity contribution < 1.29 is 27.9 Å². The molecule has 0 saturated carbocycles. The van der Waals surface area contributed by atoms with E-state index in [1.54, 1.807) is 0 Å². The fraction of sp³-hybridized carbons (Fsp3) is 0.333. The summed E-state index contributed by atoms with van der Waals surface area (Å²) in [6.07, 6.45) is -4.62. The number of carboxylic acid groups (broad SMARTS) is 1. The summed E-state index contributed by atoms with van der Waals surface area (Å²) < 4.78 is 38.0. The van der Waals surface area contributed by atoms with E-state index in [1.807, 2.05) is 0 Å². The highest BCUT2D eigenvalue weighted by molar-refractivity contribution is 6.31. The fourth-order valence-corrected chi connectivity index (χ4v) is 2.05. The number of carbonyl (C=O) groups is 2. The van der Waals surface area contributed by atoms with Gasteiger partial charge in [0.1, 0.15) is 0 Å². The van der Waals surface area contributed by atoms with Crippen LogP contribution < -0.4 is 5.32 Å². The summed E-state index contributed by atoms with van der Waals surface area (Å²) in [7, 11) is 0. The minimum Gasteiger partial charge on any atom is -0.481 e. The molecule has 0 spiro atoms. The first-order valence-corrected chi connectivity index (χ1v) is 6.22. The van der Waals surface area contributed by atoms with E-state index in [9.17, 15) is 22.8 Å². The molecule has 2 N–H and O–H groups in total. The third-order valence-corrected chi connectivity index (χ3v) is 3.37. The Morgan fingerprint density at radius 3 is 2.48 bits per heavy atom. The lowest BCUT2D eigenvalue weighted by molar-refractivity contribution is -0.146. The van der Waals surface area contributed by atoms with Crippen LogP contribution >= 0.6 is 11.6 Å². The van der Waals surface area contributed by atoms with Crippen LogP contribution in [0.4, 0.5) is 23.7 Å². The molecule has 2 amide bonds. The van der Waals surface area contributed by atoms with Crippen LogP contribution in [0.15, 0.2) is 18.2 Å². The number of hydrogen-bond donors (Lipinski definition) is 2. The molecule has 0 bridgehead atoms. The monoisotopic (exact) mass is 322 g/mol. The second-order valence-electron chi connectivity index (χ2n) is 4.56. The normalized spacial score (nSPS) is 15.5. The number of likely N-dealkylation sites (tertiary alicyclic amines) is 1. The number of amides is 2. The summed E-state index contributed by atoms with van der Waals surface area (Å²) in [6.45, 7) is 0.0573. The molecule has 0 aliphatic carbocycles. The van der Waals surface area contributed by atoms with E-state index in [0.717, 1.165) is 12.1 Å². The Bertz CT molecular complexity index is 586. The molecule has 1 aliphatic rings. The van der Waals surface area contributed by atoms with Gasteiger partial charge >= 0.3 is 18.2 Å². The zero-order chi connectivity index (χ0) is 15.8. The van der Waals surface area contributed by atoms with Crippen molar-refractivity contribution in [2.45, 2.75) is 6.18 Å². The molecule has 1 aliphatic heterocycles. The lowest BCUT2D eigenvalue weighted by Crippen LogP contribution is -2.54. The molecule has 5 nitrogen and oxygen atoms in total. The number of halogens is 4. The lowest BCUT2D eigenvalue weighted by atomic mass is 10.0. The van der Waals surface area contributed by atoms with E-state index in [4.69, 9.17) is 16.7 Å². The van der Waals surface area contributed by atoms with E-state index in [1.165, 1.54) is 11.0 Å². The highest BCUT2D eigenvalue weighted by Gasteiger charge is 2.36. The van der Waals surface area contributed by atoms with Crippen LogP contribution in [0.5, 0.6) is 0 Å². The number of aliphatic carboxylic acids is 1. The molecule has 1 saturated heterocycles. The van der Waals surface area contributed by atoms with Crippen LogP contribution in [-0.4, -0.2) is 35.1 Å². The van der Waals surface area contributed by atoms with Crippen LogP contribution in [0, 0.1) is 5.92 Å². The van der Waals surface area contributed by atoms with Crippen molar-refractivity contribution in [1.82, 2.24) is 4.90 Å². The SMILES string of the molecule is O=C(O)C1CN(C(=O)Nc2ccc(Cl)c(C(F)(F)F)c2)C1. The zero-order valence-corrected chi connectivity index (χ0v) is 11.2. The number of urea groups is 1. The van der Waals surface area contributed by atoms with E-state index in [-0.39, 0.29) is 18.8 Å². The van der Waals surface area contributed by atoms with Crippen molar-refractivity contribution in [3.63, 3.8) is 0 Å². The second-order valence-corrected chi connectivity index (χ2v) is 4.97. The molecular formula is C12H10ClF3N2O3. The van der Waals surface area contributed by atoms with Crippen LogP contribution in [0.25, 0.3) is 0 Å². The molecule has 1 fully saturated rings. The van der Waals surface area contributed by atoms with Crippen molar-refractivity contribution in [3.8, 4) is 0 Å².